The van der Waals surface area contributed by atoms with Gasteiger partial charge in [0.1, 0.15) is 0 Å². The van der Waals surface area contributed by atoms with Gasteiger partial charge in [-0.1, -0.05) is 6.58 Å². The molecule has 0 rings (SSSR count). The van der Waals surface area contributed by atoms with E-state index in [-0.39, 0.29) is 12.5 Å². The van der Waals surface area contributed by atoms with Crippen LogP contribution in [0.3, 0.4) is 0 Å². The third kappa shape index (κ3) is 13.0. The molecule has 100 valence electrons. The van der Waals surface area contributed by atoms with Crippen LogP contribution in [0.2, 0.25) is 0 Å². The van der Waals surface area contributed by atoms with Crippen molar-refractivity contribution in [3.05, 3.63) is 12.7 Å². The van der Waals surface area contributed by atoms with Gasteiger partial charge in [0.25, 0.3) is 0 Å². The molecule has 2 N–H and O–H groups in total. The lowest BCUT2D eigenvalue weighted by atomic mass is 10.5. The van der Waals surface area contributed by atoms with Crippen molar-refractivity contribution in [1.82, 2.24) is 5.32 Å². The minimum Gasteiger partial charge on any atom is -0.394 e. The third-order valence-corrected chi connectivity index (χ3v) is 1.71. The Bertz CT molecular complexity index is 198. The Balaban J connectivity index is 2.98. The number of amides is 1. The van der Waals surface area contributed by atoms with Gasteiger partial charge in [-0.15, -0.1) is 0 Å². The predicted octanol–water partition coefficient (Wildman–Crippen LogP) is -0.669. The van der Waals surface area contributed by atoms with Crippen LogP contribution in [-0.4, -0.2) is 63.8 Å². The monoisotopic (exact) mass is 247 g/mol. The van der Waals surface area contributed by atoms with Gasteiger partial charge in [-0.3, -0.25) is 4.79 Å². The average Bonchev–Trinajstić information content (AvgIpc) is 2.35. The predicted molar refractivity (Wildman–Crippen MR) is 62.7 cm³/mol. The summed E-state index contributed by atoms with van der Waals surface area (Å²) in [5, 5.41) is 11.0. The molecular weight excluding hydrogens is 226 g/mol. The molecule has 0 atom stereocenters. The van der Waals surface area contributed by atoms with Crippen LogP contribution >= 0.6 is 0 Å². The Morgan fingerprint density at radius 1 is 1.06 bits per heavy atom. The maximum absolute atomic E-state index is 10.7. The van der Waals surface area contributed by atoms with E-state index in [1.54, 1.807) is 0 Å². The number of carbonyl (C=O) groups excluding carboxylic acids is 1. The van der Waals surface area contributed by atoms with Crippen LogP contribution in [0.25, 0.3) is 0 Å². The number of hydrogen-bond acceptors (Lipinski definition) is 5. The highest BCUT2D eigenvalue weighted by Crippen LogP contribution is 1.80. The average molecular weight is 247 g/mol. The minimum atomic E-state index is -0.203. The number of hydrogen-bond donors (Lipinski definition) is 2. The van der Waals surface area contributed by atoms with Crippen molar-refractivity contribution in [3.8, 4) is 0 Å². The lowest BCUT2D eigenvalue weighted by Gasteiger charge is -2.06. The molecule has 0 radical (unpaired) electrons. The molecule has 0 spiro atoms. The SMILES string of the molecule is C=CC(=O)NCCOCCOCCOCCO. The van der Waals surface area contributed by atoms with Gasteiger partial charge in [-0.2, -0.15) is 0 Å². The summed E-state index contributed by atoms with van der Waals surface area (Å²) in [7, 11) is 0. The van der Waals surface area contributed by atoms with Gasteiger partial charge < -0.3 is 24.6 Å². The first kappa shape index (κ1) is 16.1. The van der Waals surface area contributed by atoms with Crippen molar-refractivity contribution in [2.24, 2.45) is 0 Å². The molecule has 0 aliphatic rings. The number of aliphatic hydroxyl groups is 1. The Labute approximate surface area is 102 Å². The van der Waals surface area contributed by atoms with E-state index in [9.17, 15) is 4.79 Å². The fourth-order valence-electron chi connectivity index (χ4n) is 0.925. The summed E-state index contributed by atoms with van der Waals surface area (Å²) < 4.78 is 15.4. The number of nitrogens with one attached hydrogen (secondary N) is 1. The zero-order valence-electron chi connectivity index (χ0n) is 10.0. The van der Waals surface area contributed by atoms with Gasteiger partial charge in [0, 0.05) is 6.54 Å². The molecule has 0 aromatic rings. The van der Waals surface area contributed by atoms with E-state index >= 15 is 0 Å². The molecule has 0 heterocycles. The second-order valence-electron chi connectivity index (χ2n) is 3.06. The molecule has 0 aromatic carbocycles. The van der Waals surface area contributed by atoms with Gasteiger partial charge in [-0.05, 0) is 6.08 Å². The van der Waals surface area contributed by atoms with Gasteiger partial charge in [0.05, 0.1) is 46.2 Å². The molecule has 0 aliphatic carbocycles. The summed E-state index contributed by atoms with van der Waals surface area (Å²) in [5.41, 5.74) is 0. The number of aliphatic hydroxyl groups excluding tert-OH is 1. The van der Waals surface area contributed by atoms with Crippen LogP contribution in [0.5, 0.6) is 0 Å². The van der Waals surface area contributed by atoms with Crippen LogP contribution in [0.1, 0.15) is 0 Å². The van der Waals surface area contributed by atoms with Gasteiger partial charge in [-0.25, -0.2) is 0 Å². The Morgan fingerprint density at radius 3 is 2.12 bits per heavy atom. The van der Waals surface area contributed by atoms with Crippen molar-refractivity contribution in [1.29, 1.82) is 0 Å². The summed E-state index contributed by atoms with van der Waals surface area (Å²) in [5.74, 6) is -0.203. The van der Waals surface area contributed by atoms with E-state index in [1.165, 1.54) is 6.08 Å². The Kier molecular flexibility index (Phi) is 12.4. The fraction of sp³-hybridized carbons (Fsp3) is 0.727. The van der Waals surface area contributed by atoms with Crippen molar-refractivity contribution in [2.75, 3.05) is 52.8 Å². The van der Waals surface area contributed by atoms with Crippen molar-refractivity contribution in [3.63, 3.8) is 0 Å². The van der Waals surface area contributed by atoms with Crippen LogP contribution in [0.15, 0.2) is 12.7 Å². The molecule has 0 unspecified atom stereocenters. The van der Waals surface area contributed by atoms with Crippen molar-refractivity contribution < 1.29 is 24.1 Å². The van der Waals surface area contributed by atoms with Crippen LogP contribution in [-0.2, 0) is 19.0 Å². The number of carbonyl (C=O) groups is 1. The summed E-state index contributed by atoms with van der Waals surface area (Å²) in [6.45, 7) is 6.52. The lowest BCUT2D eigenvalue weighted by Crippen LogP contribution is -2.25. The second kappa shape index (κ2) is 13.1. The highest BCUT2D eigenvalue weighted by molar-refractivity contribution is 5.86. The molecule has 0 fully saturated rings. The first-order valence-electron chi connectivity index (χ1n) is 5.55. The standard InChI is InChI=1S/C11H21NO5/c1-2-11(14)12-3-5-15-7-9-17-10-8-16-6-4-13/h2,13H,1,3-10H2,(H,12,14). The smallest absolute Gasteiger partial charge is 0.243 e. The van der Waals surface area contributed by atoms with Crippen molar-refractivity contribution in [2.45, 2.75) is 0 Å². The Morgan fingerprint density at radius 2 is 1.59 bits per heavy atom. The normalized spacial score (nSPS) is 10.2. The van der Waals surface area contributed by atoms with Gasteiger partial charge in [0.15, 0.2) is 0 Å². The zero-order chi connectivity index (χ0) is 12.8. The molecule has 0 aromatic heterocycles. The zero-order valence-corrected chi connectivity index (χ0v) is 10.0. The molecular formula is C11H21NO5. The summed E-state index contributed by atoms with van der Waals surface area (Å²) in [6, 6.07) is 0. The molecule has 0 saturated carbocycles. The second-order valence-corrected chi connectivity index (χ2v) is 3.06. The maximum atomic E-state index is 10.7. The van der Waals surface area contributed by atoms with Crippen molar-refractivity contribution >= 4 is 5.91 Å². The summed E-state index contributed by atoms with van der Waals surface area (Å²) in [4.78, 5) is 10.7. The van der Waals surface area contributed by atoms with E-state index in [0.717, 1.165) is 0 Å². The lowest BCUT2D eigenvalue weighted by molar-refractivity contribution is -0.116. The largest absolute Gasteiger partial charge is 0.394 e. The fourth-order valence-corrected chi connectivity index (χ4v) is 0.925. The van der Waals surface area contributed by atoms with E-state index in [2.05, 4.69) is 11.9 Å². The van der Waals surface area contributed by atoms with Crippen LogP contribution in [0.4, 0.5) is 0 Å². The number of rotatable bonds is 12. The van der Waals surface area contributed by atoms with E-state index < -0.39 is 0 Å². The molecule has 6 heteroatoms. The van der Waals surface area contributed by atoms with E-state index in [4.69, 9.17) is 19.3 Å². The van der Waals surface area contributed by atoms with Gasteiger partial charge in [0.2, 0.25) is 5.91 Å². The minimum absolute atomic E-state index is 0.0273. The van der Waals surface area contributed by atoms with Crippen LogP contribution in [0, 0.1) is 0 Å². The van der Waals surface area contributed by atoms with E-state index in [0.29, 0.717) is 46.2 Å². The molecule has 0 saturated heterocycles. The molecule has 17 heavy (non-hydrogen) atoms. The van der Waals surface area contributed by atoms with Crippen LogP contribution < -0.4 is 5.32 Å². The topological polar surface area (TPSA) is 77.0 Å². The summed E-state index contributed by atoms with van der Waals surface area (Å²) >= 11 is 0. The number of ether oxygens (including phenoxy) is 3. The highest BCUT2D eigenvalue weighted by atomic mass is 16.5. The first-order chi connectivity index (χ1) is 8.31. The molecule has 0 aliphatic heterocycles. The molecule has 6 nitrogen and oxygen atoms in total. The molecule has 1 amide bonds. The summed E-state index contributed by atoms with van der Waals surface area (Å²) in [6.07, 6.45) is 1.22. The Hall–Kier alpha value is -0.950. The van der Waals surface area contributed by atoms with E-state index in [1.807, 2.05) is 0 Å². The molecule has 0 bridgehead atoms. The third-order valence-electron chi connectivity index (χ3n) is 1.71. The maximum Gasteiger partial charge on any atom is 0.243 e. The highest BCUT2D eigenvalue weighted by Gasteiger charge is 1.93. The first-order valence-corrected chi connectivity index (χ1v) is 5.55. The quantitative estimate of drug-likeness (QED) is 0.353. The van der Waals surface area contributed by atoms with Gasteiger partial charge >= 0.3 is 0 Å².